The van der Waals surface area contributed by atoms with Crippen molar-refractivity contribution in [2.45, 2.75) is 37.4 Å². The fourth-order valence-electron chi connectivity index (χ4n) is 3.03. The number of nitrogens with zero attached hydrogens (tertiary/aromatic N) is 1. The number of aliphatic hydroxyl groups is 1. The zero-order chi connectivity index (χ0) is 12.4. The molecule has 2 aliphatic heterocycles. The highest BCUT2D eigenvalue weighted by Gasteiger charge is 2.41. The Bertz CT molecular complexity index is 371. The molecule has 5 heteroatoms. The lowest BCUT2D eigenvalue weighted by atomic mass is 9.79. The van der Waals surface area contributed by atoms with Crippen molar-refractivity contribution in [3.8, 4) is 0 Å². The first-order valence-corrected chi connectivity index (χ1v) is 8.61. The Balaban J connectivity index is 1.70. The summed E-state index contributed by atoms with van der Waals surface area (Å²) in [5.41, 5.74) is 1.85. The molecule has 1 spiro atoms. The van der Waals surface area contributed by atoms with Crippen molar-refractivity contribution >= 4 is 23.1 Å². The van der Waals surface area contributed by atoms with E-state index >= 15 is 0 Å². The molecule has 0 aromatic carbocycles. The van der Waals surface area contributed by atoms with Crippen LogP contribution in [0.1, 0.15) is 36.7 Å². The molecule has 2 unspecified atom stereocenters. The van der Waals surface area contributed by atoms with Gasteiger partial charge in [-0.05, 0) is 43.1 Å². The van der Waals surface area contributed by atoms with Crippen LogP contribution in [0.2, 0.25) is 0 Å². The predicted octanol–water partition coefficient (Wildman–Crippen LogP) is 2.87. The number of hydrogen-bond acceptors (Lipinski definition) is 5. The molecule has 1 aromatic heterocycles. The summed E-state index contributed by atoms with van der Waals surface area (Å²) in [5.74, 6) is 2.73. The first-order chi connectivity index (χ1) is 8.79. The molecule has 0 saturated carbocycles. The number of rotatable bonds is 2. The van der Waals surface area contributed by atoms with Gasteiger partial charge in [0.2, 0.25) is 0 Å². The number of thiazole rings is 1. The van der Waals surface area contributed by atoms with Crippen LogP contribution in [0.3, 0.4) is 0 Å². The maximum absolute atomic E-state index is 10.5. The van der Waals surface area contributed by atoms with Gasteiger partial charge in [0.1, 0.15) is 0 Å². The van der Waals surface area contributed by atoms with Gasteiger partial charge in [0, 0.05) is 12.8 Å². The van der Waals surface area contributed by atoms with Gasteiger partial charge >= 0.3 is 0 Å². The average Bonchev–Trinajstić information content (AvgIpc) is 2.93. The van der Waals surface area contributed by atoms with Crippen molar-refractivity contribution in [1.29, 1.82) is 0 Å². The van der Waals surface area contributed by atoms with Gasteiger partial charge in [-0.2, -0.15) is 11.8 Å². The fourth-order valence-corrected chi connectivity index (χ4v) is 4.96. The van der Waals surface area contributed by atoms with Crippen LogP contribution in [-0.4, -0.2) is 33.8 Å². The molecule has 0 amide bonds. The van der Waals surface area contributed by atoms with Crippen molar-refractivity contribution in [1.82, 2.24) is 4.98 Å². The number of thioether (sulfide) groups is 1. The molecule has 2 fully saturated rings. The number of aromatic nitrogens is 1. The molecule has 3 rings (SSSR count). The van der Waals surface area contributed by atoms with E-state index < -0.39 is 0 Å². The molecule has 0 aliphatic carbocycles. The normalized spacial score (nSPS) is 29.3. The minimum absolute atomic E-state index is 0.0554. The molecule has 2 saturated heterocycles. The van der Waals surface area contributed by atoms with E-state index in [9.17, 15) is 5.11 Å². The van der Waals surface area contributed by atoms with Gasteiger partial charge in [-0.3, -0.25) is 4.98 Å². The quantitative estimate of drug-likeness (QED) is 0.907. The summed E-state index contributed by atoms with van der Waals surface area (Å²) in [7, 11) is 0. The maximum atomic E-state index is 10.5. The van der Waals surface area contributed by atoms with Crippen molar-refractivity contribution in [3.05, 3.63) is 16.6 Å². The molecular formula is C13H19NO2S2. The third-order valence-electron chi connectivity index (χ3n) is 4.12. The highest BCUT2D eigenvalue weighted by molar-refractivity contribution is 7.99. The van der Waals surface area contributed by atoms with Crippen molar-refractivity contribution in [2.75, 3.05) is 18.1 Å². The van der Waals surface area contributed by atoms with Crippen LogP contribution in [0, 0.1) is 5.92 Å². The smallest absolute Gasteiger partial charge is 0.0927 e. The Morgan fingerprint density at radius 2 is 2.28 bits per heavy atom. The van der Waals surface area contributed by atoms with Gasteiger partial charge in [-0.25, -0.2) is 0 Å². The van der Waals surface area contributed by atoms with E-state index in [1.165, 1.54) is 11.5 Å². The Labute approximate surface area is 116 Å². The second kappa shape index (κ2) is 5.49. The highest BCUT2D eigenvalue weighted by atomic mass is 32.2. The summed E-state index contributed by atoms with van der Waals surface area (Å²) in [6.45, 7) is 0.797. The fraction of sp³-hybridized carbons (Fsp3) is 0.769. The van der Waals surface area contributed by atoms with Crippen LogP contribution in [0.15, 0.2) is 11.7 Å². The summed E-state index contributed by atoms with van der Waals surface area (Å²) in [6, 6.07) is 0. The van der Waals surface area contributed by atoms with E-state index in [1.54, 1.807) is 23.0 Å². The summed E-state index contributed by atoms with van der Waals surface area (Å²) in [6.07, 6.45) is 5.70. The zero-order valence-electron chi connectivity index (χ0n) is 10.4. The first kappa shape index (κ1) is 12.9. The third kappa shape index (κ3) is 2.59. The van der Waals surface area contributed by atoms with Crippen LogP contribution in [0.4, 0.5) is 0 Å². The number of aliphatic hydroxyl groups excluding tert-OH is 1. The molecule has 0 bridgehead atoms. The second-order valence-corrected chi connectivity index (χ2v) is 7.39. The van der Waals surface area contributed by atoms with Crippen LogP contribution >= 0.6 is 23.1 Å². The molecule has 3 heterocycles. The minimum atomic E-state index is -0.354. The van der Waals surface area contributed by atoms with E-state index in [4.69, 9.17) is 4.74 Å². The number of hydrogen-bond donors (Lipinski definition) is 1. The van der Waals surface area contributed by atoms with Gasteiger partial charge in [0.15, 0.2) is 0 Å². The molecule has 0 radical (unpaired) electrons. The Kier molecular flexibility index (Phi) is 3.94. The van der Waals surface area contributed by atoms with Gasteiger partial charge in [-0.1, -0.05) is 0 Å². The van der Waals surface area contributed by atoms with Gasteiger partial charge in [-0.15, -0.1) is 11.3 Å². The summed E-state index contributed by atoms with van der Waals surface area (Å²) >= 11 is 3.57. The lowest BCUT2D eigenvalue weighted by Crippen LogP contribution is -2.44. The summed E-state index contributed by atoms with van der Waals surface area (Å²) in [4.78, 5) is 5.07. The minimum Gasteiger partial charge on any atom is -0.387 e. The topological polar surface area (TPSA) is 42.4 Å². The van der Waals surface area contributed by atoms with Gasteiger partial charge in [0.25, 0.3) is 0 Å². The van der Waals surface area contributed by atoms with Gasteiger partial charge in [0.05, 0.1) is 22.1 Å². The molecule has 1 aromatic rings. The van der Waals surface area contributed by atoms with Gasteiger partial charge < -0.3 is 9.84 Å². The molecule has 100 valence electrons. The lowest BCUT2D eigenvalue weighted by Gasteiger charge is -2.44. The molecule has 2 aliphatic rings. The average molecular weight is 285 g/mol. The Morgan fingerprint density at radius 3 is 3.00 bits per heavy atom. The van der Waals surface area contributed by atoms with Crippen molar-refractivity contribution < 1.29 is 9.84 Å². The molecule has 1 N–H and O–H groups in total. The zero-order valence-corrected chi connectivity index (χ0v) is 12.0. The summed E-state index contributed by atoms with van der Waals surface area (Å²) < 4.78 is 6.07. The largest absolute Gasteiger partial charge is 0.387 e. The SMILES string of the molecule is OC(c1cncs1)C1CCOC2(CCSCC2)C1. The number of ether oxygens (including phenoxy) is 1. The molecule has 2 atom stereocenters. The lowest BCUT2D eigenvalue weighted by molar-refractivity contribution is -0.120. The summed E-state index contributed by atoms with van der Waals surface area (Å²) in [5, 5.41) is 10.5. The monoisotopic (exact) mass is 285 g/mol. The third-order valence-corrected chi connectivity index (χ3v) is 5.96. The van der Waals surface area contributed by atoms with E-state index in [2.05, 4.69) is 4.98 Å². The van der Waals surface area contributed by atoms with E-state index in [0.717, 1.165) is 37.2 Å². The van der Waals surface area contributed by atoms with Crippen LogP contribution < -0.4 is 0 Å². The second-order valence-electron chi connectivity index (χ2n) is 5.25. The maximum Gasteiger partial charge on any atom is 0.0927 e. The van der Waals surface area contributed by atoms with E-state index in [0.29, 0.717) is 5.92 Å². The molecule has 18 heavy (non-hydrogen) atoms. The van der Waals surface area contributed by atoms with Crippen LogP contribution in [-0.2, 0) is 4.74 Å². The molecular weight excluding hydrogens is 266 g/mol. The van der Waals surface area contributed by atoms with E-state index in [-0.39, 0.29) is 11.7 Å². The van der Waals surface area contributed by atoms with Crippen molar-refractivity contribution in [2.24, 2.45) is 5.92 Å². The van der Waals surface area contributed by atoms with E-state index in [1.807, 2.05) is 11.8 Å². The highest BCUT2D eigenvalue weighted by Crippen LogP contribution is 2.43. The Hall–Kier alpha value is -0.100. The predicted molar refractivity (Wildman–Crippen MR) is 75.0 cm³/mol. The van der Waals surface area contributed by atoms with Crippen molar-refractivity contribution in [3.63, 3.8) is 0 Å². The Morgan fingerprint density at radius 1 is 1.44 bits per heavy atom. The standard InChI is InChI=1S/C13H19NO2S2/c15-12(11-8-14-9-18-11)10-1-4-16-13(7-10)2-5-17-6-3-13/h8-10,12,15H,1-7H2. The van der Waals surface area contributed by atoms with Crippen LogP contribution in [0.5, 0.6) is 0 Å². The van der Waals surface area contributed by atoms with Crippen LogP contribution in [0.25, 0.3) is 0 Å². The molecule has 3 nitrogen and oxygen atoms in total. The first-order valence-electron chi connectivity index (χ1n) is 6.57.